The Hall–Kier alpha value is -2.48. The smallest absolute Gasteiger partial charge is 0.407 e. The number of nitrogens with one attached hydrogen (secondary N) is 2. The van der Waals surface area contributed by atoms with Crippen molar-refractivity contribution in [1.29, 1.82) is 0 Å². The van der Waals surface area contributed by atoms with Gasteiger partial charge in [0.2, 0.25) is 5.91 Å². The zero-order valence-corrected chi connectivity index (χ0v) is 20.3. The molecule has 1 aromatic carbocycles. The molecule has 1 fully saturated rings. The molecular formula is C23H34ClN3O5. The van der Waals surface area contributed by atoms with Crippen molar-refractivity contribution in [3.8, 4) is 5.75 Å². The zero-order chi connectivity index (χ0) is 23.9. The van der Waals surface area contributed by atoms with Crippen LogP contribution in [0.4, 0.5) is 4.79 Å². The lowest BCUT2D eigenvalue weighted by atomic mass is 9.96. The van der Waals surface area contributed by atoms with Gasteiger partial charge < -0.3 is 25.0 Å². The fraction of sp³-hybridized carbons (Fsp3) is 0.609. The number of ether oxygens (including phenoxy) is 2. The highest BCUT2D eigenvalue weighted by atomic mass is 35.5. The van der Waals surface area contributed by atoms with Gasteiger partial charge in [-0.05, 0) is 65.2 Å². The van der Waals surface area contributed by atoms with Crippen LogP contribution in [0.3, 0.4) is 0 Å². The molecule has 8 nitrogen and oxygen atoms in total. The first-order chi connectivity index (χ1) is 15.0. The van der Waals surface area contributed by atoms with Crippen molar-refractivity contribution in [2.75, 3.05) is 26.2 Å². The van der Waals surface area contributed by atoms with Crippen molar-refractivity contribution in [3.05, 3.63) is 28.8 Å². The van der Waals surface area contributed by atoms with Crippen LogP contribution in [-0.2, 0) is 14.3 Å². The molecule has 0 spiro atoms. The summed E-state index contributed by atoms with van der Waals surface area (Å²) < 4.78 is 11.0. The molecular weight excluding hydrogens is 434 g/mol. The Morgan fingerprint density at radius 3 is 2.59 bits per heavy atom. The Kier molecular flexibility index (Phi) is 9.19. The van der Waals surface area contributed by atoms with E-state index in [9.17, 15) is 14.4 Å². The predicted octanol–water partition coefficient (Wildman–Crippen LogP) is 3.30. The largest absolute Gasteiger partial charge is 0.479 e. The van der Waals surface area contributed by atoms with Gasteiger partial charge in [-0.25, -0.2) is 4.79 Å². The first-order valence-electron chi connectivity index (χ1n) is 10.9. The lowest BCUT2D eigenvalue weighted by Gasteiger charge is -2.33. The van der Waals surface area contributed by atoms with Crippen LogP contribution >= 0.6 is 11.6 Å². The number of alkyl carbamates (subject to hydrolysis) is 1. The van der Waals surface area contributed by atoms with E-state index in [1.165, 1.54) is 0 Å². The van der Waals surface area contributed by atoms with E-state index in [4.69, 9.17) is 21.1 Å². The van der Waals surface area contributed by atoms with E-state index >= 15 is 0 Å². The fourth-order valence-corrected chi connectivity index (χ4v) is 3.56. The summed E-state index contributed by atoms with van der Waals surface area (Å²) in [4.78, 5) is 38.7. The second-order valence-electron chi connectivity index (χ2n) is 9.04. The molecule has 1 aromatic rings. The Bertz CT molecular complexity index is 824. The highest BCUT2D eigenvalue weighted by Crippen LogP contribution is 2.27. The molecule has 0 saturated carbocycles. The van der Waals surface area contributed by atoms with Gasteiger partial charge in [0.15, 0.2) is 6.10 Å². The van der Waals surface area contributed by atoms with Crippen molar-refractivity contribution in [2.24, 2.45) is 5.92 Å². The van der Waals surface area contributed by atoms with E-state index in [-0.39, 0.29) is 30.8 Å². The molecule has 0 aromatic heterocycles. The molecule has 0 aliphatic carbocycles. The first kappa shape index (κ1) is 25.8. The van der Waals surface area contributed by atoms with E-state index in [2.05, 4.69) is 10.6 Å². The van der Waals surface area contributed by atoms with Crippen LogP contribution < -0.4 is 15.4 Å². The number of benzene rings is 1. The Morgan fingerprint density at radius 2 is 1.91 bits per heavy atom. The number of aryl methyl sites for hydroxylation is 1. The minimum Gasteiger partial charge on any atom is -0.479 e. The van der Waals surface area contributed by atoms with Crippen LogP contribution in [0.2, 0.25) is 5.02 Å². The molecule has 2 atom stereocenters. The summed E-state index contributed by atoms with van der Waals surface area (Å²) in [7, 11) is 0. The SMILES string of the molecule is Cc1ccc(Cl)c(OC(C)C(=O)N2CCCC(C(=O)NCCNC(=O)OC(C)(C)C)C2)c1. The summed E-state index contributed by atoms with van der Waals surface area (Å²) in [6.45, 7) is 10.4. The van der Waals surface area contributed by atoms with Gasteiger partial charge in [0, 0.05) is 26.2 Å². The monoisotopic (exact) mass is 467 g/mol. The summed E-state index contributed by atoms with van der Waals surface area (Å²) in [5.74, 6) is -0.143. The third-order valence-corrected chi connectivity index (χ3v) is 5.25. The van der Waals surface area contributed by atoms with Crippen molar-refractivity contribution in [3.63, 3.8) is 0 Å². The summed E-state index contributed by atoms with van der Waals surface area (Å²) in [6, 6.07) is 5.41. The second-order valence-corrected chi connectivity index (χ2v) is 9.44. The average Bonchev–Trinajstić information content (AvgIpc) is 2.72. The van der Waals surface area contributed by atoms with Gasteiger partial charge in [0.1, 0.15) is 11.4 Å². The van der Waals surface area contributed by atoms with Crippen molar-refractivity contribution in [2.45, 2.75) is 59.2 Å². The van der Waals surface area contributed by atoms with E-state index < -0.39 is 17.8 Å². The molecule has 1 aliphatic rings. The van der Waals surface area contributed by atoms with Gasteiger partial charge in [0.05, 0.1) is 10.9 Å². The molecule has 178 valence electrons. The van der Waals surface area contributed by atoms with E-state index in [1.54, 1.807) is 44.7 Å². The minimum absolute atomic E-state index is 0.135. The highest BCUT2D eigenvalue weighted by Gasteiger charge is 2.31. The van der Waals surface area contributed by atoms with Gasteiger partial charge in [0.25, 0.3) is 5.91 Å². The van der Waals surface area contributed by atoms with Crippen LogP contribution in [0.5, 0.6) is 5.75 Å². The lowest BCUT2D eigenvalue weighted by molar-refractivity contribution is -0.141. The van der Waals surface area contributed by atoms with Gasteiger partial charge in [-0.15, -0.1) is 0 Å². The number of hydrogen-bond acceptors (Lipinski definition) is 5. The summed E-state index contributed by atoms with van der Waals surface area (Å²) in [5, 5.41) is 5.87. The third kappa shape index (κ3) is 8.22. The quantitative estimate of drug-likeness (QED) is 0.600. The summed E-state index contributed by atoms with van der Waals surface area (Å²) in [6.07, 6.45) is 0.199. The molecule has 1 heterocycles. The van der Waals surface area contributed by atoms with Crippen LogP contribution in [0.1, 0.15) is 46.1 Å². The van der Waals surface area contributed by atoms with E-state index in [0.717, 1.165) is 12.0 Å². The van der Waals surface area contributed by atoms with Gasteiger partial charge in [-0.3, -0.25) is 9.59 Å². The third-order valence-electron chi connectivity index (χ3n) is 4.93. The lowest BCUT2D eigenvalue weighted by Crippen LogP contribution is -2.49. The number of nitrogens with zero attached hydrogens (tertiary/aromatic N) is 1. The Labute approximate surface area is 195 Å². The number of carbonyl (C=O) groups is 3. The number of rotatable bonds is 7. The van der Waals surface area contributed by atoms with Crippen LogP contribution in [0, 0.1) is 12.8 Å². The zero-order valence-electron chi connectivity index (χ0n) is 19.5. The minimum atomic E-state index is -0.714. The fourth-order valence-electron chi connectivity index (χ4n) is 3.40. The normalized spacial score (nSPS) is 17.3. The Morgan fingerprint density at radius 1 is 1.22 bits per heavy atom. The molecule has 0 bridgehead atoms. The van der Waals surface area contributed by atoms with Crippen LogP contribution in [0.15, 0.2) is 18.2 Å². The maximum atomic E-state index is 12.9. The highest BCUT2D eigenvalue weighted by molar-refractivity contribution is 6.32. The standard InChI is InChI=1S/C23H34ClN3O5/c1-15-8-9-18(24)19(13-15)31-16(2)21(29)27-12-6-7-17(14-27)20(28)25-10-11-26-22(30)32-23(3,4)5/h8-9,13,16-17H,6-7,10-12,14H2,1-5H3,(H,25,28)(H,26,30). The summed E-state index contributed by atoms with van der Waals surface area (Å²) in [5.41, 5.74) is 0.414. The van der Waals surface area contributed by atoms with Crippen molar-refractivity contribution in [1.82, 2.24) is 15.5 Å². The van der Waals surface area contributed by atoms with Crippen LogP contribution in [-0.4, -0.2) is 60.7 Å². The van der Waals surface area contributed by atoms with E-state index in [1.807, 2.05) is 13.0 Å². The number of amides is 3. The van der Waals surface area contributed by atoms with Crippen molar-refractivity contribution >= 4 is 29.5 Å². The Balaban J connectivity index is 1.80. The number of likely N-dealkylation sites (tertiary alicyclic amines) is 1. The molecule has 9 heteroatoms. The molecule has 2 unspecified atom stereocenters. The molecule has 32 heavy (non-hydrogen) atoms. The molecule has 1 saturated heterocycles. The first-order valence-corrected chi connectivity index (χ1v) is 11.3. The molecule has 2 rings (SSSR count). The van der Waals surface area contributed by atoms with Gasteiger partial charge in [-0.1, -0.05) is 17.7 Å². The topological polar surface area (TPSA) is 97.0 Å². The molecule has 2 N–H and O–H groups in total. The van der Waals surface area contributed by atoms with E-state index in [0.29, 0.717) is 30.3 Å². The summed E-state index contributed by atoms with van der Waals surface area (Å²) >= 11 is 6.17. The average molecular weight is 468 g/mol. The van der Waals surface area contributed by atoms with Crippen LogP contribution in [0.25, 0.3) is 0 Å². The molecule has 3 amide bonds. The number of hydrogen-bond donors (Lipinski definition) is 2. The maximum absolute atomic E-state index is 12.9. The predicted molar refractivity (Wildman–Crippen MR) is 123 cm³/mol. The molecule has 1 aliphatic heterocycles. The number of halogens is 1. The number of piperidine rings is 1. The van der Waals surface area contributed by atoms with Crippen molar-refractivity contribution < 1.29 is 23.9 Å². The second kappa shape index (κ2) is 11.4. The number of carbonyl (C=O) groups excluding carboxylic acids is 3. The maximum Gasteiger partial charge on any atom is 0.407 e. The van der Waals surface area contributed by atoms with Gasteiger partial charge >= 0.3 is 6.09 Å². The van der Waals surface area contributed by atoms with Gasteiger partial charge in [-0.2, -0.15) is 0 Å². The molecule has 0 radical (unpaired) electrons.